The van der Waals surface area contributed by atoms with E-state index < -0.39 is 0 Å². The number of nitrogens with zero attached hydrogens (tertiary/aromatic N) is 2. The first-order valence-electron chi connectivity index (χ1n) is 6.09. The molecular weight excluding hydrogens is 266 g/mol. The lowest BCUT2D eigenvalue weighted by Crippen LogP contribution is -2.23. The zero-order chi connectivity index (χ0) is 12.0. The summed E-state index contributed by atoms with van der Waals surface area (Å²) >= 11 is 3.58. The third kappa shape index (κ3) is 3.91. The van der Waals surface area contributed by atoms with Crippen molar-refractivity contribution in [2.45, 2.75) is 40.2 Å². The van der Waals surface area contributed by atoms with Crippen LogP contribution in [0.5, 0.6) is 0 Å². The SMILES string of the molecule is CCCn1ncc(Br)c1CC(C)CNCC. The van der Waals surface area contributed by atoms with Crippen LogP contribution in [0.4, 0.5) is 0 Å². The van der Waals surface area contributed by atoms with Crippen LogP contribution in [-0.4, -0.2) is 22.9 Å². The molecule has 16 heavy (non-hydrogen) atoms. The van der Waals surface area contributed by atoms with Crippen LogP contribution in [-0.2, 0) is 13.0 Å². The van der Waals surface area contributed by atoms with Crippen molar-refractivity contribution in [2.24, 2.45) is 5.92 Å². The van der Waals surface area contributed by atoms with Gasteiger partial charge in [-0.1, -0.05) is 20.8 Å². The van der Waals surface area contributed by atoms with Crippen molar-refractivity contribution in [1.82, 2.24) is 15.1 Å². The van der Waals surface area contributed by atoms with Crippen molar-refractivity contribution in [2.75, 3.05) is 13.1 Å². The highest BCUT2D eigenvalue weighted by atomic mass is 79.9. The molecule has 1 aromatic heterocycles. The highest BCUT2D eigenvalue weighted by Gasteiger charge is 2.11. The first-order valence-corrected chi connectivity index (χ1v) is 6.89. The maximum Gasteiger partial charge on any atom is 0.0635 e. The zero-order valence-corrected chi connectivity index (χ0v) is 12.0. The van der Waals surface area contributed by atoms with E-state index in [1.165, 1.54) is 5.69 Å². The Morgan fingerprint density at radius 1 is 1.50 bits per heavy atom. The second-order valence-corrected chi connectivity index (χ2v) is 5.13. The molecule has 1 aromatic rings. The summed E-state index contributed by atoms with van der Waals surface area (Å²) in [6, 6.07) is 0. The summed E-state index contributed by atoms with van der Waals surface area (Å²) in [4.78, 5) is 0. The number of rotatable bonds is 7. The van der Waals surface area contributed by atoms with E-state index in [1.54, 1.807) is 0 Å². The lowest BCUT2D eigenvalue weighted by molar-refractivity contribution is 0.486. The number of hydrogen-bond acceptors (Lipinski definition) is 2. The zero-order valence-electron chi connectivity index (χ0n) is 10.5. The molecule has 0 saturated carbocycles. The van der Waals surface area contributed by atoms with Crippen LogP contribution in [0.25, 0.3) is 0 Å². The molecule has 1 N–H and O–H groups in total. The lowest BCUT2D eigenvalue weighted by atomic mass is 10.1. The van der Waals surface area contributed by atoms with E-state index in [9.17, 15) is 0 Å². The van der Waals surface area contributed by atoms with E-state index in [-0.39, 0.29) is 0 Å². The third-order valence-electron chi connectivity index (χ3n) is 2.62. The smallest absolute Gasteiger partial charge is 0.0635 e. The lowest BCUT2D eigenvalue weighted by Gasteiger charge is -2.13. The van der Waals surface area contributed by atoms with Gasteiger partial charge in [-0.15, -0.1) is 0 Å². The van der Waals surface area contributed by atoms with Crippen LogP contribution in [0.3, 0.4) is 0 Å². The summed E-state index contributed by atoms with van der Waals surface area (Å²) in [5.74, 6) is 0.642. The van der Waals surface area contributed by atoms with Crippen LogP contribution in [0, 0.1) is 5.92 Å². The van der Waals surface area contributed by atoms with Gasteiger partial charge in [0.15, 0.2) is 0 Å². The molecule has 0 saturated heterocycles. The quantitative estimate of drug-likeness (QED) is 0.836. The summed E-state index contributed by atoms with van der Waals surface area (Å²) in [5.41, 5.74) is 1.33. The van der Waals surface area contributed by atoms with Crippen molar-refractivity contribution in [1.29, 1.82) is 0 Å². The van der Waals surface area contributed by atoms with E-state index in [4.69, 9.17) is 0 Å². The maximum absolute atomic E-state index is 4.39. The molecule has 0 radical (unpaired) electrons. The molecule has 0 spiro atoms. The van der Waals surface area contributed by atoms with Gasteiger partial charge in [0.1, 0.15) is 0 Å². The average molecular weight is 288 g/mol. The highest BCUT2D eigenvalue weighted by molar-refractivity contribution is 9.10. The molecule has 0 aromatic carbocycles. The molecule has 0 amide bonds. The Labute approximate surface area is 107 Å². The van der Waals surface area contributed by atoms with E-state index >= 15 is 0 Å². The average Bonchev–Trinajstić information content (AvgIpc) is 2.59. The van der Waals surface area contributed by atoms with Crippen molar-refractivity contribution in [3.63, 3.8) is 0 Å². The van der Waals surface area contributed by atoms with E-state index in [1.807, 2.05) is 6.20 Å². The minimum atomic E-state index is 0.642. The van der Waals surface area contributed by atoms with Gasteiger partial charge >= 0.3 is 0 Å². The fourth-order valence-electron chi connectivity index (χ4n) is 1.79. The van der Waals surface area contributed by atoms with Gasteiger partial charge in [-0.3, -0.25) is 4.68 Å². The number of nitrogens with one attached hydrogen (secondary N) is 1. The van der Waals surface area contributed by atoms with Gasteiger partial charge in [0.05, 0.1) is 16.4 Å². The van der Waals surface area contributed by atoms with E-state index in [0.29, 0.717) is 5.92 Å². The molecule has 0 aliphatic rings. The third-order valence-corrected chi connectivity index (χ3v) is 3.28. The standard InChI is InChI=1S/C12H22BrN3/c1-4-6-16-12(11(13)9-15-16)7-10(3)8-14-5-2/h9-10,14H,4-8H2,1-3H3. The Kier molecular flexibility index (Phi) is 6.06. The number of hydrogen-bond donors (Lipinski definition) is 1. The maximum atomic E-state index is 4.39. The van der Waals surface area contributed by atoms with Crippen LogP contribution >= 0.6 is 15.9 Å². The molecule has 4 heteroatoms. The monoisotopic (exact) mass is 287 g/mol. The molecule has 0 aliphatic heterocycles. The van der Waals surface area contributed by atoms with Gasteiger partial charge in [-0.2, -0.15) is 5.10 Å². The van der Waals surface area contributed by atoms with E-state index in [0.717, 1.165) is 36.9 Å². The van der Waals surface area contributed by atoms with Crippen molar-refractivity contribution in [3.8, 4) is 0 Å². The summed E-state index contributed by atoms with van der Waals surface area (Å²) < 4.78 is 3.26. The summed E-state index contributed by atoms with van der Waals surface area (Å²) in [7, 11) is 0. The minimum Gasteiger partial charge on any atom is -0.317 e. The van der Waals surface area contributed by atoms with E-state index in [2.05, 4.69) is 51.8 Å². The molecule has 92 valence electrons. The molecule has 1 unspecified atom stereocenters. The summed E-state index contributed by atoms with van der Waals surface area (Å²) in [6.07, 6.45) is 4.11. The summed E-state index contributed by atoms with van der Waals surface area (Å²) in [5, 5.41) is 7.77. The molecule has 0 aliphatic carbocycles. The van der Waals surface area contributed by atoms with Gasteiger partial charge in [0, 0.05) is 6.54 Å². The predicted molar refractivity (Wildman–Crippen MR) is 71.6 cm³/mol. The molecule has 0 fully saturated rings. The topological polar surface area (TPSA) is 29.9 Å². The highest BCUT2D eigenvalue weighted by Crippen LogP contribution is 2.19. The number of aryl methyl sites for hydroxylation is 1. The van der Waals surface area contributed by atoms with Gasteiger partial charge in [0.2, 0.25) is 0 Å². The van der Waals surface area contributed by atoms with Gasteiger partial charge in [-0.05, 0) is 47.8 Å². The molecule has 1 rings (SSSR count). The molecule has 1 heterocycles. The first-order chi connectivity index (χ1) is 7.69. The van der Waals surface area contributed by atoms with Gasteiger partial charge < -0.3 is 5.32 Å². The van der Waals surface area contributed by atoms with Gasteiger partial charge in [-0.25, -0.2) is 0 Å². The predicted octanol–water partition coefficient (Wildman–Crippen LogP) is 2.84. The number of halogens is 1. The van der Waals surface area contributed by atoms with Crippen LogP contribution < -0.4 is 5.32 Å². The molecule has 3 nitrogen and oxygen atoms in total. The fourth-order valence-corrected chi connectivity index (χ4v) is 2.25. The van der Waals surface area contributed by atoms with Crippen molar-refractivity contribution >= 4 is 15.9 Å². The normalized spacial score (nSPS) is 13.0. The van der Waals surface area contributed by atoms with Crippen LogP contribution in [0.15, 0.2) is 10.7 Å². The van der Waals surface area contributed by atoms with Gasteiger partial charge in [0.25, 0.3) is 0 Å². The van der Waals surface area contributed by atoms with Crippen LogP contribution in [0.1, 0.15) is 32.9 Å². The van der Waals surface area contributed by atoms with Crippen molar-refractivity contribution in [3.05, 3.63) is 16.4 Å². The molecular formula is C12H22BrN3. The Balaban J connectivity index is 2.60. The van der Waals surface area contributed by atoms with Crippen molar-refractivity contribution < 1.29 is 0 Å². The Morgan fingerprint density at radius 3 is 2.88 bits per heavy atom. The minimum absolute atomic E-state index is 0.642. The number of aromatic nitrogens is 2. The molecule has 0 bridgehead atoms. The van der Waals surface area contributed by atoms with Crippen LogP contribution in [0.2, 0.25) is 0 Å². The largest absolute Gasteiger partial charge is 0.317 e. The Bertz CT molecular complexity index is 309. The second-order valence-electron chi connectivity index (χ2n) is 4.28. The Morgan fingerprint density at radius 2 is 2.25 bits per heavy atom. The summed E-state index contributed by atoms with van der Waals surface area (Å²) in [6.45, 7) is 9.72. The first kappa shape index (κ1) is 13.7. The molecule has 1 atom stereocenters. The Hall–Kier alpha value is -0.350. The fraction of sp³-hybridized carbons (Fsp3) is 0.750. The second kappa shape index (κ2) is 7.07.